The summed E-state index contributed by atoms with van der Waals surface area (Å²) in [6.45, 7) is 7.83. The molecule has 2 aromatic carbocycles. The summed E-state index contributed by atoms with van der Waals surface area (Å²) in [4.78, 5) is 0. The Balaban J connectivity index is 0.000000258. The molecule has 0 N–H and O–H groups in total. The lowest BCUT2D eigenvalue weighted by atomic mass is 9.78. The first-order chi connectivity index (χ1) is 15.0. The molecule has 0 atom stereocenters. The molecule has 3 rings (SSSR count). The second kappa shape index (κ2) is 11.4. The van der Waals surface area contributed by atoms with Gasteiger partial charge in [-0.05, 0) is 67.9 Å². The summed E-state index contributed by atoms with van der Waals surface area (Å²) in [7, 11) is 2.22. The molecule has 1 aliphatic rings. The van der Waals surface area contributed by atoms with Gasteiger partial charge in [0, 0.05) is 14.2 Å². The highest BCUT2D eigenvalue weighted by molar-refractivity contribution is 9.10. The predicted octanol–water partition coefficient (Wildman–Crippen LogP) is 4.68. The van der Waals surface area contributed by atoms with Crippen LogP contribution in [0.15, 0.2) is 40.9 Å². The van der Waals surface area contributed by atoms with E-state index in [1.807, 2.05) is 27.7 Å². The molecule has 1 aliphatic heterocycles. The summed E-state index contributed by atoms with van der Waals surface area (Å²) >= 11 is 3.05. The van der Waals surface area contributed by atoms with Crippen LogP contribution < -0.4 is 14.9 Å². The lowest BCUT2D eigenvalue weighted by molar-refractivity contribution is 0.00578. The van der Waals surface area contributed by atoms with E-state index in [1.54, 1.807) is 24.3 Å². The molecule has 0 bridgehead atoms. The fourth-order valence-corrected chi connectivity index (χ4v) is 3.05. The van der Waals surface area contributed by atoms with Crippen LogP contribution in [0.2, 0.25) is 0 Å². The van der Waals surface area contributed by atoms with Gasteiger partial charge in [0.2, 0.25) is 0 Å². The molecular weight excluding hydrogens is 489 g/mol. The quantitative estimate of drug-likeness (QED) is 0.393. The van der Waals surface area contributed by atoms with Crippen molar-refractivity contribution in [2.75, 3.05) is 27.8 Å². The van der Waals surface area contributed by atoms with Crippen LogP contribution in [0.3, 0.4) is 0 Å². The summed E-state index contributed by atoms with van der Waals surface area (Å²) in [5, 5.41) is 0. The van der Waals surface area contributed by atoms with Crippen LogP contribution in [0.5, 0.6) is 11.5 Å². The number of rotatable bonds is 7. The maximum atomic E-state index is 14.2. The van der Waals surface area contributed by atoms with Crippen molar-refractivity contribution in [2.24, 2.45) is 0 Å². The van der Waals surface area contributed by atoms with Crippen molar-refractivity contribution < 1.29 is 37.0 Å². The highest BCUT2D eigenvalue weighted by Gasteiger charge is 2.53. The molecule has 2 aromatic rings. The van der Waals surface area contributed by atoms with Crippen molar-refractivity contribution in [3.8, 4) is 11.5 Å². The Kier molecular flexibility index (Phi) is 9.47. The minimum absolute atomic E-state index is 0.0377. The first-order valence-electron chi connectivity index (χ1n) is 9.85. The molecule has 0 spiro atoms. The predicted molar refractivity (Wildman–Crippen MR) is 121 cm³/mol. The van der Waals surface area contributed by atoms with Gasteiger partial charge in [-0.1, -0.05) is 12.1 Å². The molecule has 176 valence electrons. The van der Waals surface area contributed by atoms with E-state index in [0.29, 0.717) is 16.0 Å². The van der Waals surface area contributed by atoms with Gasteiger partial charge < -0.3 is 28.3 Å². The van der Waals surface area contributed by atoms with E-state index in [1.165, 1.54) is 26.4 Å². The fourth-order valence-electron chi connectivity index (χ4n) is 2.67. The highest BCUT2D eigenvalue weighted by atomic mass is 79.9. The number of ether oxygens (including phenoxy) is 4. The Hall–Kier alpha value is -1.72. The summed E-state index contributed by atoms with van der Waals surface area (Å²) in [6, 6.07) is 9.19. The van der Waals surface area contributed by atoms with Crippen LogP contribution >= 0.6 is 15.9 Å². The van der Waals surface area contributed by atoms with Crippen molar-refractivity contribution >= 4 is 28.5 Å². The molecule has 1 saturated heterocycles. The van der Waals surface area contributed by atoms with Gasteiger partial charge in [0.05, 0.1) is 21.1 Å². The fraction of sp³-hybridized carbons (Fsp3) is 0.455. The van der Waals surface area contributed by atoms with Crippen molar-refractivity contribution in [1.29, 1.82) is 0 Å². The van der Waals surface area contributed by atoms with Crippen molar-refractivity contribution in [3.63, 3.8) is 0 Å². The summed E-state index contributed by atoms with van der Waals surface area (Å²) in [5.41, 5.74) is -0.792. The average molecular weight is 517 g/mol. The molecular formula is C22H28BBrF2O6. The zero-order chi connectivity index (χ0) is 23.9. The lowest BCUT2D eigenvalue weighted by Gasteiger charge is -2.32. The van der Waals surface area contributed by atoms with Crippen molar-refractivity contribution in [3.05, 3.63) is 52.5 Å². The largest absolute Gasteiger partial charge is 0.501 e. The van der Waals surface area contributed by atoms with Crippen molar-refractivity contribution in [1.82, 2.24) is 0 Å². The Morgan fingerprint density at radius 1 is 0.812 bits per heavy atom. The molecule has 0 aliphatic carbocycles. The van der Waals surface area contributed by atoms with Crippen LogP contribution in [0.1, 0.15) is 27.7 Å². The summed E-state index contributed by atoms with van der Waals surface area (Å²) in [5.74, 6) is 0.0444. The molecule has 0 radical (unpaired) electrons. The Morgan fingerprint density at radius 3 is 1.81 bits per heavy atom. The third-order valence-electron chi connectivity index (χ3n) is 5.08. The molecule has 0 amide bonds. The molecule has 10 heteroatoms. The zero-order valence-electron chi connectivity index (χ0n) is 19.0. The lowest BCUT2D eigenvalue weighted by Crippen LogP contribution is -2.41. The van der Waals surface area contributed by atoms with E-state index < -0.39 is 24.1 Å². The van der Waals surface area contributed by atoms with E-state index in [-0.39, 0.29) is 24.9 Å². The first kappa shape index (κ1) is 26.5. The Morgan fingerprint density at radius 2 is 1.28 bits per heavy atom. The third-order valence-corrected chi connectivity index (χ3v) is 5.85. The van der Waals surface area contributed by atoms with Crippen LogP contribution in [0.4, 0.5) is 8.78 Å². The number of benzene rings is 2. The van der Waals surface area contributed by atoms with Gasteiger partial charge in [-0.3, -0.25) is 0 Å². The number of hydrogen-bond donors (Lipinski definition) is 0. The van der Waals surface area contributed by atoms with E-state index >= 15 is 0 Å². The van der Waals surface area contributed by atoms with E-state index in [4.69, 9.17) is 23.5 Å². The Labute approximate surface area is 196 Å². The van der Waals surface area contributed by atoms with Gasteiger partial charge in [-0.25, -0.2) is 8.78 Å². The van der Waals surface area contributed by atoms with Gasteiger partial charge in [-0.2, -0.15) is 0 Å². The molecule has 0 unspecified atom stereocenters. The monoisotopic (exact) mass is 516 g/mol. The summed E-state index contributed by atoms with van der Waals surface area (Å²) < 4.78 is 59.0. The SMILES string of the molecule is COCOc1cccc(F)c1B1OC(C)(C)C(C)(C)O1.COCOc1cccc(F)c1Br. The first-order valence-corrected chi connectivity index (χ1v) is 10.6. The van der Waals surface area contributed by atoms with Crippen LogP contribution in [-0.4, -0.2) is 46.1 Å². The zero-order valence-corrected chi connectivity index (χ0v) is 20.6. The number of methoxy groups -OCH3 is 2. The van der Waals surface area contributed by atoms with Gasteiger partial charge >= 0.3 is 7.12 Å². The molecule has 1 fully saturated rings. The van der Waals surface area contributed by atoms with Crippen LogP contribution in [0, 0.1) is 11.6 Å². The highest BCUT2D eigenvalue weighted by Crippen LogP contribution is 2.37. The second-order valence-corrected chi connectivity index (χ2v) is 8.69. The van der Waals surface area contributed by atoms with E-state index in [2.05, 4.69) is 20.7 Å². The van der Waals surface area contributed by atoms with Gasteiger partial charge in [0.1, 0.15) is 23.1 Å². The maximum absolute atomic E-state index is 14.2. The van der Waals surface area contributed by atoms with E-state index in [0.717, 1.165) is 0 Å². The maximum Gasteiger partial charge on any atom is 0.501 e. The minimum Gasteiger partial charge on any atom is -0.468 e. The Bertz CT molecular complexity index is 881. The molecule has 1 heterocycles. The minimum atomic E-state index is -0.798. The number of halogens is 3. The standard InChI is InChI=1S/C14H20BFO4.C8H8BrFO2/c1-13(2)14(3,4)20-15(19-13)12-10(16)7-6-8-11(12)18-9-17-5;1-11-5-12-7-4-2-3-6(10)8(7)9/h6-8H,9H2,1-5H3;2-4H,5H2,1H3. The third kappa shape index (κ3) is 6.42. The molecule has 32 heavy (non-hydrogen) atoms. The van der Waals surface area contributed by atoms with Gasteiger partial charge in [0.15, 0.2) is 13.6 Å². The number of hydrogen-bond acceptors (Lipinski definition) is 6. The van der Waals surface area contributed by atoms with E-state index in [9.17, 15) is 8.78 Å². The summed E-state index contributed by atoms with van der Waals surface area (Å²) in [6.07, 6.45) is 0. The molecule has 0 saturated carbocycles. The second-order valence-electron chi connectivity index (χ2n) is 7.89. The van der Waals surface area contributed by atoms with Crippen LogP contribution in [-0.2, 0) is 18.8 Å². The topological polar surface area (TPSA) is 55.4 Å². The molecule has 0 aromatic heterocycles. The van der Waals surface area contributed by atoms with Gasteiger partial charge in [0.25, 0.3) is 0 Å². The van der Waals surface area contributed by atoms with Crippen LogP contribution in [0.25, 0.3) is 0 Å². The van der Waals surface area contributed by atoms with Crippen molar-refractivity contribution in [2.45, 2.75) is 38.9 Å². The molecule has 6 nitrogen and oxygen atoms in total. The normalized spacial score (nSPS) is 16.3. The average Bonchev–Trinajstić information content (AvgIpc) is 2.94. The smallest absolute Gasteiger partial charge is 0.468 e. The van der Waals surface area contributed by atoms with Gasteiger partial charge in [-0.15, -0.1) is 0 Å².